The number of hydrogen-bond donors (Lipinski definition) is 2. The average molecular weight is 241 g/mol. The van der Waals surface area contributed by atoms with E-state index in [0.29, 0.717) is 5.56 Å². The van der Waals surface area contributed by atoms with Crippen molar-refractivity contribution in [2.75, 3.05) is 13.7 Å². The molecule has 0 aliphatic carbocycles. The average Bonchev–Trinajstić information content (AvgIpc) is 2.28. The molecule has 0 radical (unpaired) electrons. The Bertz CT molecular complexity index is 384. The van der Waals surface area contributed by atoms with Gasteiger partial charge in [0.05, 0.1) is 6.61 Å². The lowest BCUT2D eigenvalue weighted by Gasteiger charge is -2.19. The van der Waals surface area contributed by atoms with Crippen LogP contribution in [0.15, 0.2) is 24.3 Å². The van der Waals surface area contributed by atoms with Gasteiger partial charge >= 0.3 is 5.97 Å². The quantitative estimate of drug-likeness (QED) is 0.793. The highest BCUT2D eigenvalue weighted by atomic mass is 19.1. The molecule has 0 aromatic heterocycles. The minimum atomic E-state index is -0.991. The number of carboxylic acids is 1. The van der Waals surface area contributed by atoms with Crippen LogP contribution in [0.25, 0.3) is 0 Å². The second-order valence-electron chi connectivity index (χ2n) is 3.79. The Morgan fingerprint density at radius 2 is 2.29 bits per heavy atom. The molecule has 1 aromatic rings. The Kier molecular flexibility index (Phi) is 5.06. The van der Waals surface area contributed by atoms with Crippen molar-refractivity contribution in [2.24, 2.45) is 0 Å². The Hall–Kier alpha value is -1.46. The molecule has 0 saturated heterocycles. The molecule has 0 fully saturated rings. The molecule has 94 valence electrons. The molecule has 0 heterocycles. The number of rotatable bonds is 6. The Morgan fingerprint density at radius 3 is 2.82 bits per heavy atom. The van der Waals surface area contributed by atoms with Crippen LogP contribution in [0, 0.1) is 5.82 Å². The molecule has 5 heteroatoms. The largest absolute Gasteiger partial charge is 0.480 e. The number of methoxy groups -OCH3 is 1. The first-order chi connectivity index (χ1) is 8.04. The molecular weight excluding hydrogens is 225 g/mol. The van der Waals surface area contributed by atoms with Crippen molar-refractivity contribution < 1.29 is 19.0 Å². The van der Waals surface area contributed by atoms with Gasteiger partial charge in [-0.2, -0.15) is 0 Å². The number of ether oxygens (including phenoxy) is 1. The first kappa shape index (κ1) is 13.6. The van der Waals surface area contributed by atoms with Gasteiger partial charge in [0.25, 0.3) is 0 Å². The molecule has 2 N–H and O–H groups in total. The third-order valence-corrected chi connectivity index (χ3v) is 2.43. The topological polar surface area (TPSA) is 58.6 Å². The summed E-state index contributed by atoms with van der Waals surface area (Å²) in [5, 5.41) is 11.8. The van der Waals surface area contributed by atoms with Gasteiger partial charge in [0.1, 0.15) is 11.9 Å². The van der Waals surface area contributed by atoms with Crippen molar-refractivity contribution in [2.45, 2.75) is 19.0 Å². The number of hydrogen-bond acceptors (Lipinski definition) is 3. The van der Waals surface area contributed by atoms with E-state index < -0.39 is 12.0 Å². The van der Waals surface area contributed by atoms with Crippen LogP contribution in [-0.4, -0.2) is 30.8 Å². The summed E-state index contributed by atoms with van der Waals surface area (Å²) in [6.45, 7) is 1.84. The summed E-state index contributed by atoms with van der Waals surface area (Å²) < 4.78 is 17.8. The minimum Gasteiger partial charge on any atom is -0.480 e. The normalized spacial score (nSPS) is 14.3. The molecule has 4 nitrogen and oxygen atoms in total. The zero-order valence-electron chi connectivity index (χ0n) is 9.81. The highest BCUT2D eigenvalue weighted by molar-refractivity contribution is 5.73. The minimum absolute atomic E-state index is 0.0645. The molecule has 0 amide bonds. The molecule has 0 bridgehead atoms. The predicted octanol–water partition coefficient (Wildman–Crippen LogP) is 1.58. The van der Waals surface area contributed by atoms with Gasteiger partial charge in [0.2, 0.25) is 0 Å². The summed E-state index contributed by atoms with van der Waals surface area (Å²) in [5.41, 5.74) is 0.701. The molecule has 1 aromatic carbocycles. The zero-order valence-corrected chi connectivity index (χ0v) is 9.81. The lowest BCUT2D eigenvalue weighted by Crippen LogP contribution is -2.41. The Morgan fingerprint density at radius 1 is 1.59 bits per heavy atom. The van der Waals surface area contributed by atoms with Crippen molar-refractivity contribution in [3.63, 3.8) is 0 Å². The number of halogens is 1. The Balaban J connectivity index is 2.69. The van der Waals surface area contributed by atoms with E-state index in [2.05, 4.69) is 5.32 Å². The number of carboxylic acid groups (broad SMARTS) is 1. The highest BCUT2D eigenvalue weighted by Crippen LogP contribution is 2.14. The van der Waals surface area contributed by atoms with Crippen LogP contribution in [-0.2, 0) is 9.53 Å². The summed E-state index contributed by atoms with van der Waals surface area (Å²) in [5.74, 6) is -1.33. The second-order valence-corrected chi connectivity index (χ2v) is 3.79. The summed E-state index contributed by atoms with van der Waals surface area (Å²) in [6.07, 6.45) is 0. The molecule has 1 rings (SSSR count). The first-order valence-corrected chi connectivity index (χ1v) is 5.28. The standard InChI is InChI=1S/C12H16FNO3/c1-8(9-4-3-5-10(13)6-9)14-11(7-17-2)12(15)16/h3-6,8,11,14H,7H2,1-2H3,(H,15,16)/t8-,11?/m1/s1. The maximum Gasteiger partial charge on any atom is 0.323 e. The van der Waals surface area contributed by atoms with E-state index in [1.165, 1.54) is 19.2 Å². The van der Waals surface area contributed by atoms with Gasteiger partial charge in [-0.15, -0.1) is 0 Å². The van der Waals surface area contributed by atoms with Crippen molar-refractivity contribution >= 4 is 5.97 Å². The zero-order chi connectivity index (χ0) is 12.8. The van der Waals surface area contributed by atoms with E-state index in [4.69, 9.17) is 9.84 Å². The van der Waals surface area contributed by atoms with Gasteiger partial charge in [-0.25, -0.2) is 4.39 Å². The van der Waals surface area contributed by atoms with E-state index in [9.17, 15) is 9.18 Å². The van der Waals surface area contributed by atoms with Crippen molar-refractivity contribution in [3.05, 3.63) is 35.6 Å². The monoisotopic (exact) mass is 241 g/mol. The highest BCUT2D eigenvalue weighted by Gasteiger charge is 2.20. The van der Waals surface area contributed by atoms with Gasteiger partial charge in [-0.05, 0) is 24.6 Å². The van der Waals surface area contributed by atoms with E-state index in [0.717, 1.165) is 0 Å². The van der Waals surface area contributed by atoms with Crippen LogP contribution in [0.2, 0.25) is 0 Å². The van der Waals surface area contributed by atoms with Gasteiger partial charge in [-0.3, -0.25) is 10.1 Å². The second kappa shape index (κ2) is 6.32. The van der Waals surface area contributed by atoms with Crippen LogP contribution in [0.1, 0.15) is 18.5 Å². The van der Waals surface area contributed by atoms with Crippen LogP contribution in [0.5, 0.6) is 0 Å². The lowest BCUT2D eigenvalue weighted by atomic mass is 10.1. The SMILES string of the molecule is COCC(N[C@H](C)c1cccc(F)c1)C(=O)O. The van der Waals surface area contributed by atoms with E-state index in [1.54, 1.807) is 19.1 Å². The number of benzene rings is 1. The van der Waals surface area contributed by atoms with Gasteiger partial charge in [0, 0.05) is 13.2 Å². The van der Waals surface area contributed by atoms with Crippen LogP contribution in [0.4, 0.5) is 4.39 Å². The van der Waals surface area contributed by atoms with E-state index in [-0.39, 0.29) is 18.5 Å². The summed E-state index contributed by atoms with van der Waals surface area (Å²) in [7, 11) is 1.43. The third kappa shape index (κ3) is 4.13. The molecule has 0 aliphatic rings. The van der Waals surface area contributed by atoms with Gasteiger partial charge in [-0.1, -0.05) is 12.1 Å². The summed E-state index contributed by atoms with van der Waals surface area (Å²) in [6, 6.07) is 4.99. The Labute approximate surface area is 99.4 Å². The fourth-order valence-electron chi connectivity index (χ4n) is 1.53. The first-order valence-electron chi connectivity index (χ1n) is 5.28. The van der Waals surface area contributed by atoms with Crippen molar-refractivity contribution in [3.8, 4) is 0 Å². The molecule has 0 spiro atoms. The summed E-state index contributed by atoms with van der Waals surface area (Å²) in [4.78, 5) is 10.9. The van der Waals surface area contributed by atoms with E-state index >= 15 is 0 Å². The molecular formula is C12H16FNO3. The van der Waals surface area contributed by atoms with Crippen LogP contribution >= 0.6 is 0 Å². The maximum atomic E-state index is 13.0. The molecule has 17 heavy (non-hydrogen) atoms. The number of nitrogens with one attached hydrogen (secondary N) is 1. The number of aliphatic carboxylic acids is 1. The molecule has 0 saturated carbocycles. The van der Waals surface area contributed by atoms with Crippen LogP contribution < -0.4 is 5.32 Å². The maximum absolute atomic E-state index is 13.0. The van der Waals surface area contributed by atoms with Crippen LogP contribution in [0.3, 0.4) is 0 Å². The van der Waals surface area contributed by atoms with Gasteiger partial charge in [0.15, 0.2) is 0 Å². The predicted molar refractivity (Wildman–Crippen MR) is 61.3 cm³/mol. The molecule has 1 unspecified atom stereocenters. The fraction of sp³-hybridized carbons (Fsp3) is 0.417. The number of carbonyl (C=O) groups is 1. The fourth-order valence-corrected chi connectivity index (χ4v) is 1.53. The smallest absolute Gasteiger partial charge is 0.323 e. The third-order valence-electron chi connectivity index (χ3n) is 2.43. The molecule has 0 aliphatic heterocycles. The lowest BCUT2D eigenvalue weighted by molar-refractivity contribution is -0.141. The molecule has 2 atom stereocenters. The summed E-state index contributed by atoms with van der Waals surface area (Å²) >= 11 is 0. The van der Waals surface area contributed by atoms with Gasteiger partial charge < -0.3 is 9.84 Å². The van der Waals surface area contributed by atoms with Crippen molar-refractivity contribution in [1.29, 1.82) is 0 Å². The van der Waals surface area contributed by atoms with Crippen molar-refractivity contribution in [1.82, 2.24) is 5.32 Å². The van der Waals surface area contributed by atoms with E-state index in [1.807, 2.05) is 0 Å².